The van der Waals surface area contributed by atoms with Gasteiger partial charge in [0, 0.05) is 11.6 Å². The number of aliphatic carboxylic acids is 1. The van der Waals surface area contributed by atoms with Crippen LogP contribution in [-0.2, 0) is 11.3 Å². The summed E-state index contributed by atoms with van der Waals surface area (Å²) in [5.74, 6) is -0.830. The van der Waals surface area contributed by atoms with Crippen molar-refractivity contribution in [1.82, 2.24) is 5.32 Å². The number of carboxylic acid groups (broad SMARTS) is 1. The molecule has 1 unspecified atom stereocenters. The molecule has 0 aliphatic rings. The second-order valence-corrected chi connectivity index (χ2v) is 4.41. The van der Waals surface area contributed by atoms with Crippen molar-refractivity contribution in [3.05, 3.63) is 34.9 Å². The predicted octanol–water partition coefficient (Wildman–Crippen LogP) is 2.68. The first kappa shape index (κ1) is 13.0. The summed E-state index contributed by atoms with van der Waals surface area (Å²) in [6.45, 7) is 4.06. The van der Waals surface area contributed by atoms with Crippen molar-refractivity contribution in [2.45, 2.75) is 32.4 Å². The summed E-state index contributed by atoms with van der Waals surface area (Å²) in [4.78, 5) is 11.0. The Morgan fingerprint density at radius 1 is 1.44 bits per heavy atom. The van der Waals surface area contributed by atoms with Gasteiger partial charge in [0.25, 0.3) is 0 Å². The minimum absolute atomic E-state index is 0.522. The number of rotatable bonds is 5. The van der Waals surface area contributed by atoms with Crippen molar-refractivity contribution in [2.24, 2.45) is 0 Å². The molecule has 0 aromatic heterocycles. The molecule has 0 amide bonds. The fourth-order valence-corrected chi connectivity index (χ4v) is 1.38. The second-order valence-electron chi connectivity index (χ2n) is 3.97. The molecular formula is C12H16ClNO2. The summed E-state index contributed by atoms with van der Waals surface area (Å²) >= 11 is 5.76. The molecule has 2 N–H and O–H groups in total. The van der Waals surface area contributed by atoms with Gasteiger partial charge in [-0.3, -0.25) is 10.1 Å². The van der Waals surface area contributed by atoms with Gasteiger partial charge in [0.2, 0.25) is 0 Å². The maximum atomic E-state index is 11.0. The van der Waals surface area contributed by atoms with Gasteiger partial charge in [-0.05, 0) is 31.0 Å². The van der Waals surface area contributed by atoms with E-state index in [0.29, 0.717) is 18.0 Å². The van der Waals surface area contributed by atoms with E-state index in [1.54, 1.807) is 19.1 Å². The van der Waals surface area contributed by atoms with Crippen LogP contribution in [0.15, 0.2) is 24.3 Å². The van der Waals surface area contributed by atoms with E-state index in [2.05, 4.69) is 5.32 Å². The molecule has 0 fully saturated rings. The van der Waals surface area contributed by atoms with E-state index in [-0.39, 0.29) is 0 Å². The molecule has 0 bridgehead atoms. The van der Waals surface area contributed by atoms with Crippen LogP contribution in [0.1, 0.15) is 25.8 Å². The zero-order valence-corrected chi connectivity index (χ0v) is 10.2. The molecule has 0 aliphatic heterocycles. The molecule has 0 heterocycles. The van der Waals surface area contributed by atoms with Gasteiger partial charge in [-0.15, -0.1) is 0 Å². The number of hydrogen-bond donors (Lipinski definition) is 2. The molecule has 1 aromatic carbocycles. The highest BCUT2D eigenvalue weighted by Crippen LogP contribution is 2.13. The quantitative estimate of drug-likeness (QED) is 0.833. The molecule has 1 aromatic rings. The Labute approximate surface area is 100 Å². The largest absolute Gasteiger partial charge is 0.480 e. The van der Waals surface area contributed by atoms with E-state index in [0.717, 1.165) is 5.56 Å². The Hall–Kier alpha value is -1.06. The number of carbonyl (C=O) groups is 1. The zero-order valence-electron chi connectivity index (χ0n) is 9.46. The smallest absolute Gasteiger partial charge is 0.323 e. The van der Waals surface area contributed by atoms with Gasteiger partial charge < -0.3 is 5.11 Å². The number of benzene rings is 1. The van der Waals surface area contributed by atoms with Gasteiger partial charge in [0.15, 0.2) is 0 Å². The summed E-state index contributed by atoms with van der Waals surface area (Å²) in [7, 11) is 0. The molecule has 0 saturated carbocycles. The SMILES string of the molecule is CCC(C)(NCc1ccc(Cl)cc1)C(=O)O. The number of halogens is 1. The highest BCUT2D eigenvalue weighted by Gasteiger charge is 2.29. The first-order valence-corrected chi connectivity index (χ1v) is 5.58. The van der Waals surface area contributed by atoms with E-state index in [9.17, 15) is 4.79 Å². The van der Waals surface area contributed by atoms with Crippen LogP contribution in [0.4, 0.5) is 0 Å². The van der Waals surface area contributed by atoms with Crippen LogP contribution in [0.25, 0.3) is 0 Å². The Kier molecular flexibility index (Phi) is 4.33. The normalized spacial score (nSPS) is 14.4. The summed E-state index contributed by atoms with van der Waals surface area (Å²) in [6, 6.07) is 7.35. The van der Waals surface area contributed by atoms with Gasteiger partial charge >= 0.3 is 5.97 Å². The van der Waals surface area contributed by atoms with Crippen molar-refractivity contribution in [2.75, 3.05) is 0 Å². The number of hydrogen-bond acceptors (Lipinski definition) is 2. The average Bonchev–Trinajstić information content (AvgIpc) is 2.27. The predicted molar refractivity (Wildman–Crippen MR) is 64.6 cm³/mol. The maximum absolute atomic E-state index is 11.0. The van der Waals surface area contributed by atoms with Gasteiger partial charge in [0.05, 0.1) is 0 Å². The summed E-state index contributed by atoms with van der Waals surface area (Å²) in [5, 5.41) is 12.8. The topological polar surface area (TPSA) is 49.3 Å². The average molecular weight is 242 g/mol. The number of carboxylic acids is 1. The second kappa shape index (κ2) is 5.32. The maximum Gasteiger partial charge on any atom is 0.323 e. The molecule has 0 saturated heterocycles. The highest BCUT2D eigenvalue weighted by molar-refractivity contribution is 6.30. The molecule has 0 spiro atoms. The molecule has 0 aliphatic carbocycles. The van der Waals surface area contributed by atoms with Crippen molar-refractivity contribution < 1.29 is 9.90 Å². The first-order chi connectivity index (χ1) is 7.48. The van der Waals surface area contributed by atoms with Gasteiger partial charge in [-0.25, -0.2) is 0 Å². The third-order valence-corrected chi connectivity index (χ3v) is 3.03. The van der Waals surface area contributed by atoms with Crippen LogP contribution in [0.3, 0.4) is 0 Å². The monoisotopic (exact) mass is 241 g/mol. The minimum atomic E-state index is -0.875. The fourth-order valence-electron chi connectivity index (χ4n) is 1.25. The van der Waals surface area contributed by atoms with Crippen molar-refractivity contribution in [3.63, 3.8) is 0 Å². The third kappa shape index (κ3) is 3.22. The minimum Gasteiger partial charge on any atom is -0.480 e. The standard InChI is InChI=1S/C12H16ClNO2/c1-3-12(2,11(15)16)14-8-9-4-6-10(13)7-5-9/h4-7,14H,3,8H2,1-2H3,(H,15,16). The van der Waals surface area contributed by atoms with Crippen LogP contribution in [-0.4, -0.2) is 16.6 Å². The fraction of sp³-hybridized carbons (Fsp3) is 0.417. The lowest BCUT2D eigenvalue weighted by molar-refractivity contribution is -0.144. The Bertz CT molecular complexity index is 364. The van der Waals surface area contributed by atoms with E-state index >= 15 is 0 Å². The molecule has 0 radical (unpaired) electrons. The van der Waals surface area contributed by atoms with E-state index in [1.807, 2.05) is 19.1 Å². The summed E-state index contributed by atoms with van der Waals surface area (Å²) in [5.41, 5.74) is 0.143. The Balaban J connectivity index is 2.63. The molecule has 4 heteroatoms. The van der Waals surface area contributed by atoms with Gasteiger partial charge in [0.1, 0.15) is 5.54 Å². The summed E-state index contributed by atoms with van der Waals surface area (Å²) < 4.78 is 0. The number of nitrogens with one attached hydrogen (secondary N) is 1. The van der Waals surface area contributed by atoms with Crippen molar-refractivity contribution in [1.29, 1.82) is 0 Å². The summed E-state index contributed by atoms with van der Waals surface area (Å²) in [6.07, 6.45) is 0.538. The van der Waals surface area contributed by atoms with Crippen LogP contribution >= 0.6 is 11.6 Å². The Morgan fingerprint density at radius 3 is 2.44 bits per heavy atom. The van der Waals surface area contributed by atoms with Crippen molar-refractivity contribution in [3.8, 4) is 0 Å². The molecule has 3 nitrogen and oxygen atoms in total. The molecule has 1 atom stereocenters. The van der Waals surface area contributed by atoms with E-state index in [1.165, 1.54) is 0 Å². The van der Waals surface area contributed by atoms with Crippen LogP contribution in [0.5, 0.6) is 0 Å². The van der Waals surface area contributed by atoms with Crippen LogP contribution in [0.2, 0.25) is 5.02 Å². The van der Waals surface area contributed by atoms with Crippen molar-refractivity contribution >= 4 is 17.6 Å². The lowest BCUT2D eigenvalue weighted by atomic mass is 9.99. The first-order valence-electron chi connectivity index (χ1n) is 5.21. The highest BCUT2D eigenvalue weighted by atomic mass is 35.5. The van der Waals surface area contributed by atoms with E-state index < -0.39 is 11.5 Å². The molecular weight excluding hydrogens is 226 g/mol. The van der Waals surface area contributed by atoms with E-state index in [4.69, 9.17) is 16.7 Å². The molecule has 88 valence electrons. The van der Waals surface area contributed by atoms with Gasteiger partial charge in [-0.2, -0.15) is 0 Å². The molecule has 1 rings (SSSR count). The Morgan fingerprint density at radius 2 is 2.00 bits per heavy atom. The molecule has 16 heavy (non-hydrogen) atoms. The third-order valence-electron chi connectivity index (χ3n) is 2.78. The zero-order chi connectivity index (χ0) is 12.2. The van der Waals surface area contributed by atoms with Crippen LogP contribution < -0.4 is 5.32 Å². The van der Waals surface area contributed by atoms with Gasteiger partial charge in [-0.1, -0.05) is 30.7 Å². The lowest BCUT2D eigenvalue weighted by Gasteiger charge is -2.24. The lowest BCUT2D eigenvalue weighted by Crippen LogP contribution is -2.48. The van der Waals surface area contributed by atoms with Crippen LogP contribution in [0, 0.1) is 0 Å².